The lowest BCUT2D eigenvalue weighted by atomic mass is 9.96. The molecule has 0 spiro atoms. The summed E-state index contributed by atoms with van der Waals surface area (Å²) in [6.45, 7) is 18.6. The van der Waals surface area contributed by atoms with Gasteiger partial charge in [0.05, 0.1) is 15.7 Å². The standard InChI is InChI=1S/C32H49N5O3S/c1-8-9-10-25-34-26-27(37(25)20-21-11-15-36(16-12-21)30(38)40-32(5,6)7)28-23(33-29(26)35-31(2,3)4)19-24(41-28)22-13-17-39-18-14-22/h19,21-22H,8-18,20H2,1-7H3,(H,33,35). The van der Waals surface area contributed by atoms with Gasteiger partial charge in [0.25, 0.3) is 0 Å². The lowest BCUT2D eigenvalue weighted by molar-refractivity contribution is 0.0178. The summed E-state index contributed by atoms with van der Waals surface area (Å²) in [4.78, 5) is 26.4. The number of amides is 1. The number of aryl methyl sites for hydroxylation is 1. The van der Waals surface area contributed by atoms with Gasteiger partial charge in [-0.05, 0) is 91.5 Å². The highest BCUT2D eigenvalue weighted by molar-refractivity contribution is 7.20. The van der Waals surface area contributed by atoms with Gasteiger partial charge in [-0.25, -0.2) is 14.8 Å². The number of thiophene rings is 1. The molecule has 0 unspecified atom stereocenters. The number of ether oxygens (including phenoxy) is 2. The van der Waals surface area contributed by atoms with E-state index in [4.69, 9.17) is 19.4 Å². The number of pyridine rings is 1. The molecule has 0 aliphatic carbocycles. The van der Waals surface area contributed by atoms with Crippen LogP contribution in [0.15, 0.2) is 6.07 Å². The van der Waals surface area contributed by atoms with Crippen LogP contribution in [0.1, 0.15) is 104 Å². The predicted octanol–water partition coefficient (Wildman–Crippen LogP) is 7.74. The lowest BCUT2D eigenvalue weighted by Gasteiger charge is -2.33. The van der Waals surface area contributed by atoms with Gasteiger partial charge in [-0.15, -0.1) is 11.3 Å². The van der Waals surface area contributed by atoms with E-state index in [1.807, 2.05) is 37.0 Å². The minimum Gasteiger partial charge on any atom is -0.444 e. The van der Waals surface area contributed by atoms with Gasteiger partial charge >= 0.3 is 6.09 Å². The van der Waals surface area contributed by atoms with Crippen molar-refractivity contribution in [3.63, 3.8) is 0 Å². The minimum absolute atomic E-state index is 0.130. The summed E-state index contributed by atoms with van der Waals surface area (Å²) in [6.07, 6.45) is 7.06. The molecule has 2 aliphatic rings. The maximum atomic E-state index is 12.7. The van der Waals surface area contributed by atoms with E-state index in [1.165, 1.54) is 15.1 Å². The number of nitrogens with zero attached hydrogens (tertiary/aromatic N) is 4. The Morgan fingerprint density at radius 2 is 1.80 bits per heavy atom. The molecule has 2 saturated heterocycles. The highest BCUT2D eigenvalue weighted by Crippen LogP contribution is 2.41. The van der Waals surface area contributed by atoms with E-state index in [-0.39, 0.29) is 11.6 Å². The van der Waals surface area contributed by atoms with Crippen LogP contribution in [0.5, 0.6) is 0 Å². The van der Waals surface area contributed by atoms with Crippen LogP contribution in [0.3, 0.4) is 0 Å². The largest absolute Gasteiger partial charge is 0.444 e. The molecule has 5 heterocycles. The average molecular weight is 584 g/mol. The lowest BCUT2D eigenvalue weighted by Crippen LogP contribution is -2.42. The van der Waals surface area contributed by atoms with E-state index in [0.29, 0.717) is 11.8 Å². The monoisotopic (exact) mass is 583 g/mol. The van der Waals surface area contributed by atoms with Crippen molar-refractivity contribution in [2.45, 2.75) is 117 Å². The van der Waals surface area contributed by atoms with E-state index < -0.39 is 5.60 Å². The zero-order valence-electron chi connectivity index (χ0n) is 26.1. The van der Waals surface area contributed by atoms with Crippen LogP contribution in [0.25, 0.3) is 21.3 Å². The van der Waals surface area contributed by atoms with Gasteiger partial charge in [-0.3, -0.25) is 0 Å². The molecule has 0 radical (unpaired) electrons. The Bertz CT molecular complexity index is 1350. The van der Waals surface area contributed by atoms with Gasteiger partial charge in [-0.1, -0.05) is 13.3 Å². The number of piperidine rings is 1. The second-order valence-corrected chi connectivity index (χ2v) is 15.0. The zero-order valence-corrected chi connectivity index (χ0v) is 27.0. The van der Waals surface area contributed by atoms with Crippen LogP contribution in [-0.2, 0) is 22.4 Å². The van der Waals surface area contributed by atoms with Gasteiger partial charge < -0.3 is 24.3 Å². The molecule has 3 aromatic heterocycles. The van der Waals surface area contributed by atoms with Crippen LogP contribution >= 0.6 is 11.3 Å². The number of rotatable bonds is 7. The number of imidazole rings is 1. The maximum Gasteiger partial charge on any atom is 0.410 e. The Kier molecular flexibility index (Phi) is 8.86. The van der Waals surface area contributed by atoms with Crippen LogP contribution in [0, 0.1) is 5.92 Å². The molecule has 226 valence electrons. The number of unbranched alkanes of at least 4 members (excludes halogenated alkanes) is 1. The van der Waals surface area contributed by atoms with Crippen molar-refractivity contribution < 1.29 is 14.3 Å². The fourth-order valence-corrected chi connectivity index (χ4v) is 7.27. The molecule has 1 amide bonds. The van der Waals surface area contributed by atoms with Crippen molar-refractivity contribution in [1.82, 2.24) is 19.4 Å². The maximum absolute atomic E-state index is 12.7. The second kappa shape index (κ2) is 12.1. The van der Waals surface area contributed by atoms with E-state index in [1.54, 1.807) is 0 Å². The normalized spacial score (nSPS) is 18.0. The third kappa shape index (κ3) is 7.16. The molecule has 0 saturated carbocycles. The second-order valence-electron chi connectivity index (χ2n) is 13.9. The number of fused-ring (bicyclic) bond motifs is 3. The fraction of sp³-hybridized carbons (Fsp3) is 0.719. The van der Waals surface area contributed by atoms with Crippen LogP contribution < -0.4 is 5.32 Å². The van der Waals surface area contributed by atoms with Gasteiger partial charge in [0, 0.05) is 49.7 Å². The summed E-state index contributed by atoms with van der Waals surface area (Å²) in [5.41, 5.74) is 2.68. The topological polar surface area (TPSA) is 81.5 Å². The Labute approximate surface area is 249 Å². The molecule has 8 nitrogen and oxygen atoms in total. The molecule has 0 aromatic carbocycles. The summed E-state index contributed by atoms with van der Waals surface area (Å²) in [5, 5.41) is 3.68. The molecule has 3 aromatic rings. The molecule has 5 rings (SSSR count). The zero-order chi connectivity index (χ0) is 29.4. The number of anilines is 1. The van der Waals surface area contributed by atoms with E-state index in [9.17, 15) is 4.79 Å². The predicted molar refractivity (Wildman–Crippen MR) is 168 cm³/mol. The molecular formula is C32H49N5O3S. The van der Waals surface area contributed by atoms with E-state index in [0.717, 1.165) is 100 Å². The fourth-order valence-electron chi connectivity index (χ4n) is 5.95. The van der Waals surface area contributed by atoms with Crippen LogP contribution in [0.2, 0.25) is 0 Å². The molecule has 0 bridgehead atoms. The first kappa shape index (κ1) is 30.1. The van der Waals surface area contributed by atoms with Gasteiger partial charge in [0.1, 0.15) is 16.9 Å². The van der Waals surface area contributed by atoms with E-state index >= 15 is 0 Å². The highest BCUT2D eigenvalue weighted by atomic mass is 32.1. The van der Waals surface area contributed by atoms with Crippen molar-refractivity contribution in [2.24, 2.45) is 5.92 Å². The number of carbonyl (C=O) groups is 1. The number of hydrogen-bond donors (Lipinski definition) is 1. The Hall–Kier alpha value is -2.39. The number of aromatic nitrogens is 3. The summed E-state index contributed by atoms with van der Waals surface area (Å²) < 4.78 is 15.1. The number of nitrogens with one attached hydrogen (secondary N) is 1. The molecule has 0 atom stereocenters. The summed E-state index contributed by atoms with van der Waals surface area (Å²) in [7, 11) is 0. The average Bonchev–Trinajstić information content (AvgIpc) is 3.48. The Morgan fingerprint density at radius 3 is 2.44 bits per heavy atom. The van der Waals surface area contributed by atoms with Crippen molar-refractivity contribution in [3.05, 3.63) is 16.8 Å². The van der Waals surface area contributed by atoms with Gasteiger partial charge in [0.15, 0.2) is 5.82 Å². The molecule has 2 aliphatic heterocycles. The quantitative estimate of drug-likeness (QED) is 0.306. The van der Waals surface area contributed by atoms with Gasteiger partial charge in [0.2, 0.25) is 0 Å². The number of carbonyl (C=O) groups excluding carboxylic acids is 1. The summed E-state index contributed by atoms with van der Waals surface area (Å²) >= 11 is 1.91. The molecule has 1 N–H and O–H groups in total. The molecular weight excluding hydrogens is 534 g/mol. The smallest absolute Gasteiger partial charge is 0.410 e. The number of likely N-dealkylation sites (tertiary alicyclic amines) is 1. The SMILES string of the molecule is CCCCc1nc2c(NC(C)(C)C)nc3cc(C4CCOCC4)sc3c2n1CC1CCN(C(=O)OC(C)(C)C)CC1. The summed E-state index contributed by atoms with van der Waals surface area (Å²) in [6, 6.07) is 2.33. The van der Waals surface area contributed by atoms with Crippen LogP contribution in [-0.4, -0.2) is 63.0 Å². The highest BCUT2D eigenvalue weighted by Gasteiger charge is 2.30. The summed E-state index contributed by atoms with van der Waals surface area (Å²) in [5.74, 6) is 3.05. The third-order valence-electron chi connectivity index (χ3n) is 8.03. The number of hydrogen-bond acceptors (Lipinski definition) is 7. The first-order valence-electron chi connectivity index (χ1n) is 15.6. The van der Waals surface area contributed by atoms with Crippen LogP contribution in [0.4, 0.5) is 10.6 Å². The molecule has 9 heteroatoms. The van der Waals surface area contributed by atoms with E-state index in [2.05, 4.69) is 43.6 Å². The van der Waals surface area contributed by atoms with Gasteiger partial charge in [-0.2, -0.15) is 0 Å². The third-order valence-corrected chi connectivity index (χ3v) is 9.32. The first-order valence-corrected chi connectivity index (χ1v) is 16.4. The molecule has 41 heavy (non-hydrogen) atoms. The first-order chi connectivity index (χ1) is 19.4. The Morgan fingerprint density at radius 1 is 1.10 bits per heavy atom. The molecule has 2 fully saturated rings. The van der Waals surface area contributed by atoms with Crippen molar-refractivity contribution >= 4 is 44.5 Å². The minimum atomic E-state index is -0.472. The van der Waals surface area contributed by atoms with Crippen molar-refractivity contribution in [3.8, 4) is 0 Å². The van der Waals surface area contributed by atoms with Crippen molar-refractivity contribution in [2.75, 3.05) is 31.6 Å². The Balaban J connectivity index is 1.52. The van der Waals surface area contributed by atoms with Crippen molar-refractivity contribution in [1.29, 1.82) is 0 Å².